The number of nitrogens with one attached hydrogen (secondary N) is 1. The Balaban J connectivity index is 1.77. The molecule has 21 heavy (non-hydrogen) atoms. The smallest absolute Gasteiger partial charge is 0.123 e. The van der Waals surface area contributed by atoms with Gasteiger partial charge in [0.15, 0.2) is 0 Å². The van der Waals surface area contributed by atoms with E-state index in [2.05, 4.69) is 19.2 Å². The van der Waals surface area contributed by atoms with Gasteiger partial charge in [-0.3, -0.25) is 0 Å². The molecular formula is C19H28FN. The van der Waals surface area contributed by atoms with Crippen molar-refractivity contribution in [1.82, 2.24) is 5.32 Å². The van der Waals surface area contributed by atoms with E-state index in [0.29, 0.717) is 5.92 Å². The quantitative estimate of drug-likeness (QED) is 0.821. The lowest BCUT2D eigenvalue weighted by Gasteiger charge is -2.37. The highest BCUT2D eigenvalue weighted by molar-refractivity contribution is 5.31. The maximum Gasteiger partial charge on any atom is 0.123 e. The maximum atomic E-state index is 13.4. The van der Waals surface area contributed by atoms with E-state index in [-0.39, 0.29) is 5.82 Å². The third-order valence-electron chi connectivity index (χ3n) is 5.56. The molecule has 3 atom stereocenters. The third kappa shape index (κ3) is 3.66. The van der Waals surface area contributed by atoms with Crippen LogP contribution in [0.5, 0.6) is 0 Å². The summed E-state index contributed by atoms with van der Waals surface area (Å²) in [5.41, 5.74) is 2.52. The van der Waals surface area contributed by atoms with Crippen LogP contribution in [0.2, 0.25) is 0 Å². The summed E-state index contributed by atoms with van der Waals surface area (Å²) >= 11 is 0. The molecule has 3 rings (SSSR count). The van der Waals surface area contributed by atoms with Crippen LogP contribution in [0.15, 0.2) is 18.2 Å². The Morgan fingerprint density at radius 2 is 2.00 bits per heavy atom. The normalized spacial score (nSPS) is 29.6. The van der Waals surface area contributed by atoms with Crippen LogP contribution in [0.1, 0.15) is 62.5 Å². The summed E-state index contributed by atoms with van der Waals surface area (Å²) in [6, 6.07) is 6.17. The van der Waals surface area contributed by atoms with E-state index in [0.717, 1.165) is 30.0 Å². The summed E-state index contributed by atoms with van der Waals surface area (Å²) in [7, 11) is 0. The predicted molar refractivity (Wildman–Crippen MR) is 86.0 cm³/mol. The van der Waals surface area contributed by atoms with Gasteiger partial charge in [0.05, 0.1) is 0 Å². The van der Waals surface area contributed by atoms with Gasteiger partial charge in [-0.1, -0.05) is 25.8 Å². The van der Waals surface area contributed by atoms with E-state index in [1.807, 2.05) is 6.07 Å². The first kappa shape index (κ1) is 15.0. The standard InChI is InChI=1S/C19H28FN/c1-3-14-4-5-15(12-21-17-7-8-17)19(11-14)18-9-6-16(20)10-13(18)2/h6,9-10,14-15,17,19,21H,3-5,7-8,11-12H2,1-2H3. The summed E-state index contributed by atoms with van der Waals surface area (Å²) in [6.07, 6.45) is 7.94. The molecule has 0 heterocycles. The highest BCUT2D eigenvalue weighted by atomic mass is 19.1. The molecule has 0 aromatic heterocycles. The first-order valence-electron chi connectivity index (χ1n) is 8.66. The fourth-order valence-electron chi connectivity index (χ4n) is 3.98. The van der Waals surface area contributed by atoms with E-state index >= 15 is 0 Å². The summed E-state index contributed by atoms with van der Waals surface area (Å²) in [4.78, 5) is 0. The number of halogens is 1. The Kier molecular flexibility index (Phi) is 4.63. The molecule has 116 valence electrons. The third-order valence-corrected chi connectivity index (χ3v) is 5.56. The van der Waals surface area contributed by atoms with Crippen molar-refractivity contribution in [2.45, 2.75) is 64.3 Å². The minimum atomic E-state index is -0.105. The molecular weight excluding hydrogens is 261 g/mol. The SMILES string of the molecule is CCC1CCC(CNC2CC2)C(c2ccc(F)cc2C)C1. The number of benzene rings is 1. The second-order valence-corrected chi connectivity index (χ2v) is 7.14. The molecule has 1 aromatic carbocycles. The average Bonchev–Trinajstić information content (AvgIpc) is 3.29. The van der Waals surface area contributed by atoms with Gasteiger partial charge in [0, 0.05) is 6.04 Å². The number of rotatable bonds is 5. The zero-order chi connectivity index (χ0) is 14.8. The lowest BCUT2D eigenvalue weighted by atomic mass is 9.69. The second kappa shape index (κ2) is 6.48. The number of hydrogen-bond acceptors (Lipinski definition) is 1. The summed E-state index contributed by atoms with van der Waals surface area (Å²) in [5, 5.41) is 3.72. The maximum absolute atomic E-state index is 13.4. The van der Waals surface area contributed by atoms with Crippen molar-refractivity contribution in [1.29, 1.82) is 0 Å². The highest BCUT2D eigenvalue weighted by Gasteiger charge is 2.33. The van der Waals surface area contributed by atoms with Gasteiger partial charge in [-0.15, -0.1) is 0 Å². The van der Waals surface area contributed by atoms with Crippen molar-refractivity contribution >= 4 is 0 Å². The molecule has 0 radical (unpaired) electrons. The van der Waals surface area contributed by atoms with Gasteiger partial charge in [-0.25, -0.2) is 4.39 Å². The van der Waals surface area contributed by atoms with E-state index in [9.17, 15) is 4.39 Å². The zero-order valence-corrected chi connectivity index (χ0v) is 13.4. The molecule has 0 amide bonds. The fraction of sp³-hybridized carbons (Fsp3) is 0.684. The predicted octanol–water partition coefficient (Wildman–Crippen LogP) is 4.80. The first-order valence-corrected chi connectivity index (χ1v) is 8.66. The Bertz CT molecular complexity index is 480. The first-order chi connectivity index (χ1) is 10.2. The number of aryl methyl sites for hydroxylation is 1. The van der Waals surface area contributed by atoms with Crippen LogP contribution in [-0.4, -0.2) is 12.6 Å². The van der Waals surface area contributed by atoms with Crippen LogP contribution < -0.4 is 5.32 Å². The van der Waals surface area contributed by atoms with Crippen molar-refractivity contribution in [2.24, 2.45) is 11.8 Å². The van der Waals surface area contributed by atoms with Crippen LogP contribution in [0.25, 0.3) is 0 Å². The molecule has 1 N–H and O–H groups in total. The van der Waals surface area contributed by atoms with Gasteiger partial charge < -0.3 is 5.32 Å². The minimum absolute atomic E-state index is 0.105. The molecule has 0 saturated heterocycles. The molecule has 0 bridgehead atoms. The van der Waals surface area contributed by atoms with Crippen molar-refractivity contribution in [3.63, 3.8) is 0 Å². The van der Waals surface area contributed by atoms with Crippen molar-refractivity contribution < 1.29 is 4.39 Å². The summed E-state index contributed by atoms with van der Waals surface area (Å²) in [6.45, 7) is 5.52. The largest absolute Gasteiger partial charge is 0.314 e. The van der Waals surface area contributed by atoms with Crippen LogP contribution in [0, 0.1) is 24.6 Å². The van der Waals surface area contributed by atoms with Gasteiger partial charge in [0.25, 0.3) is 0 Å². The monoisotopic (exact) mass is 289 g/mol. The Hall–Kier alpha value is -0.890. The molecule has 0 spiro atoms. The van der Waals surface area contributed by atoms with Gasteiger partial charge >= 0.3 is 0 Å². The van der Waals surface area contributed by atoms with Crippen LogP contribution >= 0.6 is 0 Å². The molecule has 3 unspecified atom stereocenters. The molecule has 2 aliphatic carbocycles. The lowest BCUT2D eigenvalue weighted by Crippen LogP contribution is -2.33. The molecule has 2 heteroatoms. The van der Waals surface area contributed by atoms with Crippen molar-refractivity contribution in [3.05, 3.63) is 35.1 Å². The Morgan fingerprint density at radius 3 is 2.67 bits per heavy atom. The minimum Gasteiger partial charge on any atom is -0.314 e. The molecule has 1 aromatic rings. The van der Waals surface area contributed by atoms with Crippen LogP contribution in [0.4, 0.5) is 4.39 Å². The summed E-state index contributed by atoms with van der Waals surface area (Å²) < 4.78 is 13.4. The second-order valence-electron chi connectivity index (χ2n) is 7.14. The number of hydrogen-bond donors (Lipinski definition) is 1. The zero-order valence-electron chi connectivity index (χ0n) is 13.4. The van der Waals surface area contributed by atoms with Crippen LogP contribution in [0.3, 0.4) is 0 Å². The van der Waals surface area contributed by atoms with Gasteiger partial charge in [-0.2, -0.15) is 0 Å². The molecule has 2 saturated carbocycles. The van der Waals surface area contributed by atoms with Gasteiger partial charge in [0.1, 0.15) is 5.82 Å². The lowest BCUT2D eigenvalue weighted by molar-refractivity contribution is 0.224. The van der Waals surface area contributed by atoms with E-state index in [4.69, 9.17) is 0 Å². The van der Waals surface area contributed by atoms with E-state index in [1.54, 1.807) is 12.1 Å². The van der Waals surface area contributed by atoms with Gasteiger partial charge in [0.2, 0.25) is 0 Å². The summed E-state index contributed by atoms with van der Waals surface area (Å²) in [5.74, 6) is 2.07. The molecule has 2 aliphatic rings. The average molecular weight is 289 g/mol. The van der Waals surface area contributed by atoms with Gasteiger partial charge in [-0.05, 0) is 80.2 Å². The molecule has 2 fully saturated rings. The molecule has 1 nitrogen and oxygen atoms in total. The highest BCUT2D eigenvalue weighted by Crippen LogP contribution is 2.42. The van der Waals surface area contributed by atoms with Crippen molar-refractivity contribution in [2.75, 3.05) is 6.54 Å². The van der Waals surface area contributed by atoms with Crippen molar-refractivity contribution in [3.8, 4) is 0 Å². The van der Waals surface area contributed by atoms with Crippen LogP contribution in [-0.2, 0) is 0 Å². The molecule has 0 aliphatic heterocycles. The Labute approximate surface area is 128 Å². The van der Waals surface area contributed by atoms with E-state index in [1.165, 1.54) is 44.1 Å². The van der Waals surface area contributed by atoms with E-state index < -0.39 is 0 Å². The fourth-order valence-corrected chi connectivity index (χ4v) is 3.98. The topological polar surface area (TPSA) is 12.0 Å². The Morgan fingerprint density at radius 1 is 1.19 bits per heavy atom.